The van der Waals surface area contributed by atoms with Crippen LogP contribution in [0.25, 0.3) is 0 Å². The Labute approximate surface area is 184 Å². The van der Waals surface area contributed by atoms with E-state index in [1.165, 1.54) is 0 Å². The molecule has 6 heteroatoms. The molecule has 4 N–H and O–H groups in total. The summed E-state index contributed by atoms with van der Waals surface area (Å²) in [7, 11) is 0. The van der Waals surface area contributed by atoms with Crippen LogP contribution < -0.4 is 4.74 Å². The van der Waals surface area contributed by atoms with Gasteiger partial charge in [-0.2, -0.15) is 0 Å². The summed E-state index contributed by atoms with van der Waals surface area (Å²) in [5.41, 5.74) is 3.47. The quantitative estimate of drug-likeness (QED) is 0.340. The number of aliphatic hydroxyl groups excluding tert-OH is 4. The Hall–Kier alpha value is -2.25. The molecule has 2 aromatic carbocycles. The van der Waals surface area contributed by atoms with Gasteiger partial charge in [0, 0.05) is 61.2 Å². The number of ether oxygens (including phenoxy) is 1. The van der Waals surface area contributed by atoms with Crippen LogP contribution in [0.4, 0.5) is 0 Å². The van der Waals surface area contributed by atoms with Crippen LogP contribution in [0, 0.1) is 0 Å². The van der Waals surface area contributed by atoms with E-state index >= 15 is 0 Å². The molecule has 0 aliphatic heterocycles. The van der Waals surface area contributed by atoms with Gasteiger partial charge in [-0.3, -0.25) is 0 Å². The molecule has 6 nitrogen and oxygen atoms in total. The monoisotopic (exact) mass is 430 g/mol. The van der Waals surface area contributed by atoms with Crippen LogP contribution in [0.2, 0.25) is 0 Å². The van der Waals surface area contributed by atoms with Crippen LogP contribution in [0.5, 0.6) is 5.75 Å². The van der Waals surface area contributed by atoms with E-state index in [2.05, 4.69) is 0 Å². The van der Waals surface area contributed by atoms with Crippen LogP contribution in [0.1, 0.15) is 84.0 Å². The first-order chi connectivity index (χ1) is 14.8. The summed E-state index contributed by atoms with van der Waals surface area (Å²) in [6, 6.07) is 10.6. The van der Waals surface area contributed by atoms with E-state index in [9.17, 15) is 25.2 Å². The highest BCUT2D eigenvalue weighted by Crippen LogP contribution is 2.38. The lowest BCUT2D eigenvalue weighted by atomic mass is 9.87. The van der Waals surface area contributed by atoms with E-state index in [0.717, 1.165) is 11.1 Å². The van der Waals surface area contributed by atoms with Gasteiger partial charge in [0.05, 0.1) is 5.56 Å². The van der Waals surface area contributed by atoms with Crippen molar-refractivity contribution in [3.63, 3.8) is 0 Å². The van der Waals surface area contributed by atoms with Crippen molar-refractivity contribution in [2.75, 3.05) is 26.4 Å². The van der Waals surface area contributed by atoms with Gasteiger partial charge in [0.1, 0.15) is 5.75 Å². The van der Waals surface area contributed by atoms with Gasteiger partial charge in [-0.15, -0.1) is 0 Å². The molecule has 0 bridgehead atoms. The normalized spacial score (nSPS) is 15.2. The summed E-state index contributed by atoms with van der Waals surface area (Å²) >= 11 is 0. The van der Waals surface area contributed by atoms with Crippen LogP contribution >= 0.6 is 0 Å². The average molecular weight is 431 g/mol. The second-order valence-corrected chi connectivity index (χ2v) is 8.37. The highest BCUT2D eigenvalue weighted by atomic mass is 16.5. The Morgan fingerprint density at radius 1 is 0.710 bits per heavy atom. The molecule has 0 aromatic heterocycles. The lowest BCUT2D eigenvalue weighted by molar-refractivity contribution is 0.0728. The Balaban J connectivity index is 2.50. The van der Waals surface area contributed by atoms with Gasteiger partial charge >= 0.3 is 5.97 Å². The Kier molecular flexibility index (Phi) is 9.19. The Morgan fingerprint density at radius 3 is 1.55 bits per heavy atom. The van der Waals surface area contributed by atoms with E-state index in [0.29, 0.717) is 22.4 Å². The number of hydrogen-bond acceptors (Lipinski definition) is 6. The summed E-state index contributed by atoms with van der Waals surface area (Å²) < 4.78 is 5.83. The molecule has 170 valence electrons. The molecule has 31 heavy (non-hydrogen) atoms. The fourth-order valence-corrected chi connectivity index (χ4v) is 3.34. The number of aliphatic hydroxyl groups is 4. The molecule has 4 atom stereocenters. The number of esters is 1. The molecule has 0 saturated carbocycles. The minimum atomic E-state index is -0.538. The molecule has 0 saturated heterocycles. The first-order valence-electron chi connectivity index (χ1n) is 10.7. The molecular formula is C25H34O6. The van der Waals surface area contributed by atoms with E-state index in [4.69, 9.17) is 4.74 Å². The average Bonchev–Trinajstić information content (AvgIpc) is 2.81. The highest BCUT2D eigenvalue weighted by Gasteiger charge is 2.24. The van der Waals surface area contributed by atoms with Gasteiger partial charge in [-0.1, -0.05) is 52.0 Å². The van der Waals surface area contributed by atoms with E-state index in [1.54, 1.807) is 24.3 Å². The third-order valence-electron chi connectivity index (χ3n) is 5.81. The number of hydrogen-bond donors (Lipinski definition) is 4. The number of rotatable bonds is 10. The third kappa shape index (κ3) is 5.92. The molecule has 0 radical (unpaired) electrons. The van der Waals surface area contributed by atoms with Crippen molar-refractivity contribution >= 4 is 5.97 Å². The number of carbonyl (C=O) groups excluding carboxylic acids is 1. The molecular weight excluding hydrogens is 396 g/mol. The third-order valence-corrected chi connectivity index (χ3v) is 5.81. The van der Waals surface area contributed by atoms with Gasteiger partial charge in [-0.25, -0.2) is 4.79 Å². The maximum Gasteiger partial charge on any atom is 0.343 e. The zero-order chi connectivity index (χ0) is 23.1. The van der Waals surface area contributed by atoms with Crippen LogP contribution in [0.15, 0.2) is 36.4 Å². The Morgan fingerprint density at radius 2 is 1.13 bits per heavy atom. The van der Waals surface area contributed by atoms with Crippen molar-refractivity contribution in [3.8, 4) is 5.75 Å². The topological polar surface area (TPSA) is 107 Å². The lowest BCUT2D eigenvalue weighted by Crippen LogP contribution is -2.16. The molecule has 2 aromatic rings. The SMILES string of the molecule is CC(CO)c1ccc(C(=O)Oc2c(C(C)CO)cc(C(C)CO)cc2C(C)CO)cc1. The smallest absolute Gasteiger partial charge is 0.343 e. The zero-order valence-electron chi connectivity index (χ0n) is 18.7. The summed E-state index contributed by atoms with van der Waals surface area (Å²) in [5, 5.41) is 38.5. The van der Waals surface area contributed by atoms with E-state index in [-0.39, 0.29) is 50.1 Å². The number of carbonyl (C=O) groups is 1. The van der Waals surface area contributed by atoms with Gasteiger partial charge in [-0.05, 0) is 23.3 Å². The van der Waals surface area contributed by atoms with Crippen LogP contribution in [0.3, 0.4) is 0 Å². The summed E-state index contributed by atoms with van der Waals surface area (Å²) in [4.78, 5) is 12.9. The van der Waals surface area contributed by atoms with Gasteiger partial charge in [0.15, 0.2) is 0 Å². The molecule has 0 amide bonds. The minimum Gasteiger partial charge on any atom is -0.422 e. The zero-order valence-corrected chi connectivity index (χ0v) is 18.7. The van der Waals surface area contributed by atoms with Crippen molar-refractivity contribution < 1.29 is 30.0 Å². The molecule has 0 aliphatic carbocycles. The molecule has 4 unspecified atom stereocenters. The van der Waals surface area contributed by atoms with E-state index < -0.39 is 5.97 Å². The maximum atomic E-state index is 12.9. The summed E-state index contributed by atoms with van der Waals surface area (Å²) in [6.45, 7) is 7.15. The van der Waals surface area contributed by atoms with Crippen molar-refractivity contribution in [1.82, 2.24) is 0 Å². The molecule has 0 aliphatic rings. The highest BCUT2D eigenvalue weighted by molar-refractivity contribution is 5.91. The van der Waals surface area contributed by atoms with E-state index in [1.807, 2.05) is 39.8 Å². The van der Waals surface area contributed by atoms with Crippen LogP contribution in [-0.2, 0) is 0 Å². The van der Waals surface area contributed by atoms with Gasteiger partial charge in [0.25, 0.3) is 0 Å². The Bertz CT molecular complexity index is 830. The first-order valence-corrected chi connectivity index (χ1v) is 10.7. The van der Waals surface area contributed by atoms with Crippen LogP contribution in [-0.4, -0.2) is 52.8 Å². The van der Waals surface area contributed by atoms with Gasteiger partial charge in [0.2, 0.25) is 0 Å². The molecule has 0 spiro atoms. The van der Waals surface area contributed by atoms with Crippen molar-refractivity contribution in [2.24, 2.45) is 0 Å². The first kappa shape index (κ1) is 25.0. The van der Waals surface area contributed by atoms with Crippen molar-refractivity contribution in [2.45, 2.75) is 51.4 Å². The summed E-state index contributed by atoms with van der Waals surface area (Å²) in [6.07, 6.45) is 0. The molecule has 2 rings (SSSR count). The largest absolute Gasteiger partial charge is 0.422 e. The molecule has 0 fully saturated rings. The predicted molar refractivity (Wildman–Crippen MR) is 120 cm³/mol. The fourth-order valence-electron chi connectivity index (χ4n) is 3.34. The fraction of sp³-hybridized carbons (Fsp3) is 0.480. The minimum absolute atomic E-state index is 0.0211. The molecule has 0 heterocycles. The van der Waals surface area contributed by atoms with Gasteiger partial charge < -0.3 is 25.2 Å². The summed E-state index contributed by atoms with van der Waals surface area (Å²) in [5.74, 6) is -0.962. The standard InChI is InChI=1S/C25H34O6/c1-15(11-26)19-5-7-20(8-6-19)25(30)31-24-22(17(3)13-28)9-21(16(2)12-27)10-23(24)18(4)14-29/h5-10,15-18,26-29H,11-14H2,1-4H3. The number of benzene rings is 2. The second kappa shape index (κ2) is 11.4. The van der Waals surface area contributed by atoms with Crippen molar-refractivity contribution in [3.05, 3.63) is 64.2 Å². The van der Waals surface area contributed by atoms with Crippen molar-refractivity contribution in [1.29, 1.82) is 0 Å². The lowest BCUT2D eigenvalue weighted by Gasteiger charge is -2.24. The maximum absolute atomic E-state index is 12.9. The predicted octanol–water partition coefficient (Wildman–Crippen LogP) is 3.29. The second-order valence-electron chi connectivity index (χ2n) is 8.37.